The lowest BCUT2D eigenvalue weighted by Crippen LogP contribution is -2.39. The average molecular weight is 255 g/mol. The van der Waals surface area contributed by atoms with E-state index in [9.17, 15) is 18.3 Å². The second-order valence-corrected chi connectivity index (χ2v) is 4.65. The van der Waals surface area contributed by atoms with Gasteiger partial charge in [-0.2, -0.15) is 13.2 Å². The molecule has 0 amide bonds. The molecule has 1 atom stereocenters. The van der Waals surface area contributed by atoms with Crippen LogP contribution in [0.1, 0.15) is 25.7 Å². The molecule has 0 aromatic heterocycles. The molecule has 0 aromatic carbocycles. The van der Waals surface area contributed by atoms with Gasteiger partial charge in [0.1, 0.15) is 0 Å². The zero-order valence-electron chi connectivity index (χ0n) is 9.79. The van der Waals surface area contributed by atoms with Gasteiger partial charge in [0, 0.05) is 6.42 Å². The number of hydrogen-bond donors (Lipinski definition) is 2. The van der Waals surface area contributed by atoms with Gasteiger partial charge >= 0.3 is 6.18 Å². The summed E-state index contributed by atoms with van der Waals surface area (Å²) in [5.41, 5.74) is 0. The third kappa shape index (κ3) is 5.70. The summed E-state index contributed by atoms with van der Waals surface area (Å²) in [5, 5.41) is 18.2. The molecule has 1 saturated heterocycles. The zero-order chi connectivity index (χ0) is 12.9. The Labute approximate surface area is 99.2 Å². The van der Waals surface area contributed by atoms with Crippen LogP contribution in [0.25, 0.3) is 0 Å². The number of hydrogen-bond acceptors (Lipinski definition) is 3. The highest BCUT2D eigenvalue weighted by Crippen LogP contribution is 2.24. The van der Waals surface area contributed by atoms with Gasteiger partial charge in [-0.3, -0.25) is 0 Å². The smallest absolute Gasteiger partial charge is 0.389 e. The lowest BCUT2D eigenvalue weighted by molar-refractivity contribution is -0.136. The summed E-state index contributed by atoms with van der Waals surface area (Å²) < 4.78 is 35.8. The summed E-state index contributed by atoms with van der Waals surface area (Å²) in [6, 6.07) is 0. The SMILES string of the molecule is OCC(O)C1CCN(CCCC(F)(F)F)CC1. The first-order chi connectivity index (χ1) is 7.92. The van der Waals surface area contributed by atoms with Crippen molar-refractivity contribution >= 4 is 0 Å². The van der Waals surface area contributed by atoms with Crippen molar-refractivity contribution in [3.63, 3.8) is 0 Å². The van der Waals surface area contributed by atoms with E-state index in [2.05, 4.69) is 0 Å². The second kappa shape index (κ2) is 6.56. The van der Waals surface area contributed by atoms with Crippen LogP contribution in [-0.4, -0.2) is 53.6 Å². The number of aliphatic hydroxyl groups is 2. The number of piperidine rings is 1. The summed E-state index contributed by atoms with van der Waals surface area (Å²) >= 11 is 0. The van der Waals surface area contributed by atoms with Crippen LogP contribution in [0, 0.1) is 5.92 Å². The van der Waals surface area contributed by atoms with Gasteiger partial charge in [-0.05, 0) is 44.8 Å². The minimum absolute atomic E-state index is 0.0823. The molecule has 3 nitrogen and oxygen atoms in total. The molecule has 6 heteroatoms. The van der Waals surface area contributed by atoms with Crippen LogP contribution in [0.15, 0.2) is 0 Å². The predicted molar refractivity (Wildman–Crippen MR) is 57.5 cm³/mol. The highest BCUT2D eigenvalue weighted by atomic mass is 19.4. The maximum atomic E-state index is 11.9. The molecule has 0 spiro atoms. The van der Waals surface area contributed by atoms with E-state index in [4.69, 9.17) is 5.11 Å². The van der Waals surface area contributed by atoms with E-state index in [1.165, 1.54) is 0 Å². The molecule has 0 bridgehead atoms. The number of aliphatic hydroxyl groups excluding tert-OH is 2. The Hall–Kier alpha value is -0.330. The molecule has 1 unspecified atom stereocenters. The molecule has 1 heterocycles. The Morgan fingerprint density at radius 2 is 1.82 bits per heavy atom. The maximum Gasteiger partial charge on any atom is 0.389 e. The van der Waals surface area contributed by atoms with Gasteiger partial charge in [-0.1, -0.05) is 0 Å². The first kappa shape index (κ1) is 14.7. The molecule has 0 aliphatic carbocycles. The van der Waals surface area contributed by atoms with Crippen molar-refractivity contribution in [3.8, 4) is 0 Å². The minimum Gasteiger partial charge on any atom is -0.394 e. The van der Waals surface area contributed by atoms with Crippen LogP contribution in [0.4, 0.5) is 13.2 Å². The number of likely N-dealkylation sites (tertiary alicyclic amines) is 1. The third-order valence-corrected chi connectivity index (χ3v) is 3.30. The summed E-state index contributed by atoms with van der Waals surface area (Å²) in [7, 11) is 0. The van der Waals surface area contributed by atoms with Crippen molar-refractivity contribution in [1.82, 2.24) is 4.90 Å². The van der Waals surface area contributed by atoms with Gasteiger partial charge in [0.05, 0.1) is 12.7 Å². The summed E-state index contributed by atoms with van der Waals surface area (Å²) in [4.78, 5) is 1.99. The Kier molecular flexibility index (Phi) is 5.69. The zero-order valence-corrected chi connectivity index (χ0v) is 9.79. The van der Waals surface area contributed by atoms with Crippen molar-refractivity contribution in [2.24, 2.45) is 5.92 Å². The predicted octanol–water partition coefficient (Wildman–Crippen LogP) is 1.39. The Morgan fingerprint density at radius 3 is 2.29 bits per heavy atom. The highest BCUT2D eigenvalue weighted by Gasteiger charge is 2.28. The van der Waals surface area contributed by atoms with Gasteiger partial charge < -0.3 is 15.1 Å². The quantitative estimate of drug-likeness (QED) is 0.780. The minimum atomic E-state index is -4.06. The normalized spacial score (nSPS) is 21.7. The standard InChI is InChI=1S/C11H20F3NO2/c12-11(13,14)4-1-5-15-6-2-9(3-7-15)10(17)8-16/h9-10,16-17H,1-8H2. The van der Waals surface area contributed by atoms with Crippen molar-refractivity contribution in [2.45, 2.75) is 38.0 Å². The summed E-state index contributed by atoms with van der Waals surface area (Å²) in [5.74, 6) is 0.0823. The topological polar surface area (TPSA) is 43.7 Å². The summed E-state index contributed by atoms with van der Waals surface area (Å²) in [6.07, 6.45) is -3.86. The van der Waals surface area contributed by atoms with Crippen molar-refractivity contribution in [2.75, 3.05) is 26.2 Å². The average Bonchev–Trinajstić information content (AvgIpc) is 2.27. The van der Waals surface area contributed by atoms with E-state index in [1.807, 2.05) is 4.90 Å². The molecular formula is C11H20F3NO2. The Bertz CT molecular complexity index is 215. The molecule has 1 fully saturated rings. The van der Waals surface area contributed by atoms with Crippen LogP contribution in [0.3, 0.4) is 0 Å². The molecule has 2 N–H and O–H groups in total. The van der Waals surface area contributed by atoms with E-state index >= 15 is 0 Å². The van der Waals surface area contributed by atoms with Gasteiger partial charge in [-0.15, -0.1) is 0 Å². The maximum absolute atomic E-state index is 11.9. The van der Waals surface area contributed by atoms with Crippen molar-refractivity contribution in [1.29, 1.82) is 0 Å². The van der Waals surface area contributed by atoms with E-state index in [-0.39, 0.29) is 18.9 Å². The molecule has 1 aliphatic heterocycles. The fraction of sp³-hybridized carbons (Fsp3) is 1.00. The molecule has 102 valence electrons. The molecule has 0 radical (unpaired) electrons. The number of halogens is 3. The fourth-order valence-electron chi connectivity index (χ4n) is 2.21. The molecular weight excluding hydrogens is 235 g/mol. The van der Waals surface area contributed by atoms with Crippen LogP contribution in [0.5, 0.6) is 0 Å². The monoisotopic (exact) mass is 255 g/mol. The largest absolute Gasteiger partial charge is 0.394 e. The summed E-state index contributed by atoms with van der Waals surface area (Å²) in [6.45, 7) is 1.64. The molecule has 1 aliphatic rings. The Morgan fingerprint density at radius 1 is 1.24 bits per heavy atom. The molecule has 17 heavy (non-hydrogen) atoms. The first-order valence-corrected chi connectivity index (χ1v) is 6.00. The first-order valence-electron chi connectivity index (χ1n) is 6.00. The van der Waals surface area contributed by atoms with Crippen molar-refractivity contribution in [3.05, 3.63) is 0 Å². The second-order valence-electron chi connectivity index (χ2n) is 4.65. The number of nitrogens with zero attached hydrogens (tertiary/aromatic N) is 1. The number of rotatable bonds is 5. The van der Waals surface area contributed by atoms with Crippen LogP contribution < -0.4 is 0 Å². The lowest BCUT2D eigenvalue weighted by Gasteiger charge is -2.33. The van der Waals surface area contributed by atoms with Crippen LogP contribution in [0.2, 0.25) is 0 Å². The van der Waals surface area contributed by atoms with Gasteiger partial charge in [0.25, 0.3) is 0 Å². The van der Waals surface area contributed by atoms with Crippen LogP contribution >= 0.6 is 0 Å². The van der Waals surface area contributed by atoms with E-state index < -0.39 is 18.7 Å². The highest BCUT2D eigenvalue weighted by molar-refractivity contribution is 4.77. The Balaban J connectivity index is 2.15. The van der Waals surface area contributed by atoms with E-state index in [0.717, 1.165) is 12.8 Å². The number of alkyl halides is 3. The molecule has 0 saturated carbocycles. The van der Waals surface area contributed by atoms with Gasteiger partial charge in [-0.25, -0.2) is 0 Å². The van der Waals surface area contributed by atoms with Gasteiger partial charge in [0.2, 0.25) is 0 Å². The van der Waals surface area contributed by atoms with Crippen LogP contribution in [-0.2, 0) is 0 Å². The van der Waals surface area contributed by atoms with Gasteiger partial charge in [0.15, 0.2) is 0 Å². The molecule has 0 aromatic rings. The third-order valence-electron chi connectivity index (χ3n) is 3.30. The lowest BCUT2D eigenvalue weighted by atomic mass is 9.91. The van der Waals surface area contributed by atoms with E-state index in [0.29, 0.717) is 19.6 Å². The molecule has 1 rings (SSSR count). The van der Waals surface area contributed by atoms with Crippen molar-refractivity contribution < 1.29 is 23.4 Å². The fourth-order valence-corrected chi connectivity index (χ4v) is 2.21. The van der Waals surface area contributed by atoms with E-state index in [1.54, 1.807) is 0 Å².